The molecule has 5 nitrogen and oxygen atoms in total. The maximum atomic E-state index is 11.4. The van der Waals surface area contributed by atoms with Crippen LogP contribution in [0.5, 0.6) is 0 Å². The minimum absolute atomic E-state index is 0.00612. The Morgan fingerprint density at radius 2 is 2.12 bits per heavy atom. The number of cyclic esters (lactones) is 1. The van der Waals surface area contributed by atoms with E-state index in [2.05, 4.69) is 13.8 Å². The average Bonchev–Trinajstić information content (AvgIpc) is 3.23. The Hall–Kier alpha value is -0.650. The molecular formula is C20H32O5. The van der Waals surface area contributed by atoms with Crippen LogP contribution in [0.4, 0.5) is 0 Å². The van der Waals surface area contributed by atoms with Gasteiger partial charge in [-0.3, -0.25) is 4.79 Å². The molecule has 4 rings (SSSR count). The highest BCUT2D eigenvalue weighted by Gasteiger charge is 2.73. The number of carbonyl (C=O) groups is 1. The largest absolute Gasteiger partial charge is 0.465 e. The predicted molar refractivity (Wildman–Crippen MR) is 91.7 cm³/mol. The second-order valence-corrected chi connectivity index (χ2v) is 9.38. The zero-order chi connectivity index (χ0) is 17.9. The van der Waals surface area contributed by atoms with Crippen molar-refractivity contribution in [3.63, 3.8) is 0 Å². The third kappa shape index (κ3) is 2.42. The van der Waals surface area contributed by atoms with Crippen molar-refractivity contribution >= 4 is 5.97 Å². The minimum Gasteiger partial charge on any atom is -0.465 e. The first-order valence-corrected chi connectivity index (χ1v) is 9.96. The summed E-state index contributed by atoms with van der Waals surface area (Å²) in [5.74, 6) is 0.897. The lowest BCUT2D eigenvalue weighted by molar-refractivity contribution is -0.212. The summed E-state index contributed by atoms with van der Waals surface area (Å²) < 4.78 is 11.0. The zero-order valence-corrected chi connectivity index (χ0v) is 15.5. The molecule has 2 aliphatic carbocycles. The summed E-state index contributed by atoms with van der Waals surface area (Å²) in [7, 11) is 0. The molecule has 2 heterocycles. The molecular weight excluding hydrogens is 320 g/mol. The van der Waals surface area contributed by atoms with Gasteiger partial charge in [-0.2, -0.15) is 0 Å². The van der Waals surface area contributed by atoms with Crippen molar-refractivity contribution in [2.45, 2.75) is 70.5 Å². The quantitative estimate of drug-likeness (QED) is 0.599. The van der Waals surface area contributed by atoms with E-state index >= 15 is 0 Å². The van der Waals surface area contributed by atoms with E-state index in [1.165, 1.54) is 0 Å². The van der Waals surface area contributed by atoms with Gasteiger partial charge in [0.1, 0.15) is 5.60 Å². The zero-order valence-electron chi connectivity index (χ0n) is 15.5. The number of carbonyl (C=O) groups excluding carboxylic acids is 1. The maximum Gasteiger partial charge on any atom is 0.306 e. The second kappa shape index (κ2) is 5.93. The molecule has 2 aliphatic heterocycles. The highest BCUT2D eigenvalue weighted by atomic mass is 16.6. The standard InChI is InChI=1S/C20H32O5/c1-13-8-16(22)20(11-21)15(4-3-6-19(20)12-25-19)18(13,2)7-5-14-9-17(23)24-10-14/h13-16,21-22H,3-12H2,1-2H3/t13-,14?,15-,16+,18+,19+,20+/m1/s1. The van der Waals surface area contributed by atoms with Crippen molar-refractivity contribution in [2.75, 3.05) is 19.8 Å². The van der Waals surface area contributed by atoms with Crippen molar-refractivity contribution in [3.05, 3.63) is 0 Å². The van der Waals surface area contributed by atoms with Crippen LogP contribution in [0.3, 0.4) is 0 Å². The van der Waals surface area contributed by atoms with Gasteiger partial charge in [0.2, 0.25) is 0 Å². The van der Waals surface area contributed by atoms with Crippen LogP contribution in [0.15, 0.2) is 0 Å². The molecule has 4 fully saturated rings. The van der Waals surface area contributed by atoms with Crippen LogP contribution in [0, 0.1) is 28.6 Å². The molecule has 2 saturated heterocycles. The highest BCUT2D eigenvalue weighted by Crippen LogP contribution is 2.68. The average molecular weight is 352 g/mol. The van der Waals surface area contributed by atoms with Crippen LogP contribution in [0.1, 0.15) is 58.8 Å². The molecule has 0 radical (unpaired) electrons. The van der Waals surface area contributed by atoms with Crippen molar-refractivity contribution in [3.8, 4) is 0 Å². The van der Waals surface area contributed by atoms with Gasteiger partial charge in [0, 0.05) is 5.92 Å². The molecule has 4 aliphatic rings. The van der Waals surface area contributed by atoms with Crippen LogP contribution < -0.4 is 0 Å². The monoisotopic (exact) mass is 352 g/mol. The van der Waals surface area contributed by atoms with Crippen LogP contribution >= 0.6 is 0 Å². The van der Waals surface area contributed by atoms with Crippen molar-refractivity contribution in [2.24, 2.45) is 28.6 Å². The fourth-order valence-corrected chi connectivity index (χ4v) is 6.56. The Morgan fingerprint density at radius 3 is 2.72 bits per heavy atom. The fraction of sp³-hybridized carbons (Fsp3) is 0.950. The topological polar surface area (TPSA) is 79.3 Å². The van der Waals surface area contributed by atoms with Gasteiger partial charge >= 0.3 is 5.97 Å². The molecule has 2 saturated carbocycles. The lowest BCUT2D eigenvalue weighted by Crippen LogP contribution is -2.66. The van der Waals surface area contributed by atoms with Crippen molar-refractivity contribution in [1.82, 2.24) is 0 Å². The Kier molecular flexibility index (Phi) is 4.21. The molecule has 0 aromatic rings. The number of fused-ring (bicyclic) bond motifs is 2. The van der Waals surface area contributed by atoms with Crippen LogP contribution in [0.2, 0.25) is 0 Å². The minimum atomic E-state index is -0.519. The summed E-state index contributed by atoms with van der Waals surface area (Å²) in [6.07, 6.45) is 5.87. The van der Waals surface area contributed by atoms with Crippen LogP contribution in [0.25, 0.3) is 0 Å². The summed E-state index contributed by atoms with van der Waals surface area (Å²) in [6.45, 7) is 5.82. The number of esters is 1. The molecule has 25 heavy (non-hydrogen) atoms. The predicted octanol–water partition coefficient (Wildman–Crippen LogP) is 2.28. The third-order valence-electron chi connectivity index (χ3n) is 8.42. The summed E-state index contributed by atoms with van der Waals surface area (Å²) in [6, 6.07) is 0. The molecule has 1 unspecified atom stereocenters. The lowest BCUT2D eigenvalue weighted by atomic mass is 9.43. The molecule has 0 amide bonds. The van der Waals surface area contributed by atoms with Crippen LogP contribution in [-0.4, -0.2) is 47.7 Å². The lowest BCUT2D eigenvalue weighted by Gasteiger charge is -2.62. The van der Waals surface area contributed by atoms with Gasteiger partial charge in [-0.15, -0.1) is 0 Å². The number of ether oxygens (including phenoxy) is 2. The summed E-state index contributed by atoms with van der Waals surface area (Å²) >= 11 is 0. The maximum absolute atomic E-state index is 11.4. The number of epoxide rings is 1. The summed E-state index contributed by atoms with van der Waals surface area (Å²) in [4.78, 5) is 11.4. The summed E-state index contributed by atoms with van der Waals surface area (Å²) in [5.41, 5.74) is -0.778. The van der Waals surface area contributed by atoms with Crippen molar-refractivity contribution in [1.29, 1.82) is 0 Å². The number of hydrogen-bond donors (Lipinski definition) is 2. The van der Waals surface area contributed by atoms with Gasteiger partial charge in [-0.1, -0.05) is 20.3 Å². The highest BCUT2D eigenvalue weighted by molar-refractivity contribution is 5.71. The summed E-state index contributed by atoms with van der Waals surface area (Å²) in [5, 5.41) is 21.5. The number of hydrogen-bond acceptors (Lipinski definition) is 5. The van der Waals surface area contributed by atoms with E-state index < -0.39 is 11.5 Å². The molecule has 1 spiro atoms. The van der Waals surface area contributed by atoms with Gasteiger partial charge in [0.05, 0.1) is 37.8 Å². The third-order valence-corrected chi connectivity index (χ3v) is 8.42. The van der Waals surface area contributed by atoms with Crippen molar-refractivity contribution < 1.29 is 24.5 Å². The second-order valence-electron chi connectivity index (χ2n) is 9.38. The number of aliphatic hydroxyl groups is 2. The first-order chi connectivity index (χ1) is 11.9. The van der Waals surface area contributed by atoms with Gasteiger partial charge in [-0.25, -0.2) is 0 Å². The van der Waals surface area contributed by atoms with Gasteiger partial charge in [0.15, 0.2) is 0 Å². The van der Waals surface area contributed by atoms with Gasteiger partial charge in [-0.05, 0) is 49.4 Å². The normalized spacial score (nSPS) is 52.1. The van der Waals surface area contributed by atoms with E-state index in [1.54, 1.807) is 0 Å². The molecule has 5 heteroatoms. The Morgan fingerprint density at radius 1 is 1.36 bits per heavy atom. The molecule has 7 atom stereocenters. The molecule has 0 aromatic carbocycles. The number of rotatable bonds is 4. The first-order valence-electron chi connectivity index (χ1n) is 9.96. The number of aliphatic hydroxyl groups excluding tert-OH is 2. The van der Waals surface area contributed by atoms with E-state index in [4.69, 9.17) is 9.47 Å². The van der Waals surface area contributed by atoms with Crippen LogP contribution in [-0.2, 0) is 14.3 Å². The Bertz CT molecular complexity index is 544. The first kappa shape index (κ1) is 17.7. The molecule has 2 N–H and O–H groups in total. The van der Waals surface area contributed by atoms with Gasteiger partial charge in [0.25, 0.3) is 0 Å². The molecule has 142 valence electrons. The van der Waals surface area contributed by atoms with E-state index in [0.29, 0.717) is 31.5 Å². The SMILES string of the molecule is C[C@@H]1C[C@H](O)[C@]2(CO)[C@H](CCC[C@]23CO3)[C@@]1(C)CCC1COC(=O)C1. The van der Waals surface area contributed by atoms with E-state index in [-0.39, 0.29) is 29.5 Å². The molecule has 0 bridgehead atoms. The fourth-order valence-electron chi connectivity index (χ4n) is 6.56. The van der Waals surface area contributed by atoms with E-state index in [0.717, 1.165) is 38.5 Å². The Labute approximate surface area is 150 Å². The molecule has 0 aromatic heterocycles. The smallest absolute Gasteiger partial charge is 0.306 e. The van der Waals surface area contributed by atoms with E-state index in [1.807, 2.05) is 0 Å². The Balaban J connectivity index is 1.61. The van der Waals surface area contributed by atoms with Gasteiger partial charge < -0.3 is 19.7 Å². The van der Waals surface area contributed by atoms with E-state index in [9.17, 15) is 15.0 Å².